The highest BCUT2D eigenvalue weighted by molar-refractivity contribution is 5.88. The predicted molar refractivity (Wildman–Crippen MR) is 147 cm³/mol. The number of aliphatic imine (C=N–C) groups is 2. The maximum atomic E-state index is 4.64. The van der Waals surface area contributed by atoms with E-state index in [1.54, 1.807) is 0 Å². The van der Waals surface area contributed by atoms with Crippen LogP contribution in [0, 0.1) is 27.7 Å². The number of aryl methyl sites for hydroxylation is 2. The monoisotopic (exact) mass is 454 g/mol. The van der Waals surface area contributed by atoms with Gasteiger partial charge in [-0.25, -0.2) is 0 Å². The van der Waals surface area contributed by atoms with E-state index in [0.717, 1.165) is 37.1 Å². The molecule has 0 aliphatic carbocycles. The highest BCUT2D eigenvalue weighted by atomic mass is 14.8. The molecule has 34 heavy (non-hydrogen) atoms. The molecule has 0 spiro atoms. The van der Waals surface area contributed by atoms with Crippen LogP contribution in [0.3, 0.4) is 0 Å². The van der Waals surface area contributed by atoms with Gasteiger partial charge in [0, 0.05) is 35.2 Å². The van der Waals surface area contributed by atoms with Gasteiger partial charge < -0.3 is 9.97 Å². The van der Waals surface area contributed by atoms with E-state index in [-0.39, 0.29) is 0 Å². The molecule has 4 heteroatoms. The zero-order valence-electron chi connectivity index (χ0n) is 22.0. The zero-order valence-corrected chi connectivity index (χ0v) is 22.0. The molecule has 4 heterocycles. The van der Waals surface area contributed by atoms with Gasteiger partial charge in [-0.05, 0) is 124 Å². The molecule has 2 aromatic heterocycles. The van der Waals surface area contributed by atoms with Gasteiger partial charge in [0.05, 0.1) is 11.4 Å². The van der Waals surface area contributed by atoms with Gasteiger partial charge in [-0.3, -0.25) is 9.98 Å². The molecule has 0 amide bonds. The Morgan fingerprint density at radius 1 is 0.647 bits per heavy atom. The topological polar surface area (TPSA) is 56.3 Å². The molecule has 0 radical (unpaired) electrons. The van der Waals surface area contributed by atoms with Gasteiger partial charge in [-0.1, -0.05) is 13.8 Å². The third-order valence-corrected chi connectivity index (χ3v) is 7.52. The van der Waals surface area contributed by atoms with E-state index >= 15 is 0 Å². The zero-order chi connectivity index (χ0) is 24.6. The summed E-state index contributed by atoms with van der Waals surface area (Å²) in [7, 11) is 0. The predicted octanol–water partition coefficient (Wildman–Crippen LogP) is 7.67. The first kappa shape index (κ1) is 24.0. The van der Waals surface area contributed by atoms with Gasteiger partial charge in [0.25, 0.3) is 0 Å². The summed E-state index contributed by atoms with van der Waals surface area (Å²) in [5, 5.41) is 0. The maximum Gasteiger partial charge on any atom is 0.0685 e. The van der Waals surface area contributed by atoms with Crippen LogP contribution in [0.1, 0.15) is 85.6 Å². The number of rotatable bonds is 7. The van der Waals surface area contributed by atoms with Crippen molar-refractivity contribution in [2.75, 3.05) is 0 Å². The lowest BCUT2D eigenvalue weighted by Crippen LogP contribution is -1.96. The summed E-state index contributed by atoms with van der Waals surface area (Å²) in [6.45, 7) is 17.5. The van der Waals surface area contributed by atoms with Crippen LogP contribution in [0.5, 0.6) is 0 Å². The van der Waals surface area contributed by atoms with Gasteiger partial charge in [0.1, 0.15) is 0 Å². The standard InChI is InChI=1S/C30H38N4/c1-9-23-17(3)15-31-29(23)13-27-19(5)25(21(7)33-27)11-12-26-20(6)28(34-22(26)8)14-30-24(10-2)18(4)16-32-30/h13-16,33-34H,9-12H2,1-8H3/b29-13+,30-14?. The second-order valence-electron chi connectivity index (χ2n) is 9.64. The van der Waals surface area contributed by atoms with Crippen LogP contribution in [0.15, 0.2) is 43.7 Å². The van der Waals surface area contributed by atoms with E-state index in [1.807, 2.05) is 12.4 Å². The van der Waals surface area contributed by atoms with E-state index in [4.69, 9.17) is 0 Å². The highest BCUT2D eigenvalue weighted by Crippen LogP contribution is 2.31. The van der Waals surface area contributed by atoms with E-state index in [9.17, 15) is 0 Å². The summed E-state index contributed by atoms with van der Waals surface area (Å²) in [5.41, 5.74) is 17.8. The minimum absolute atomic E-state index is 1.01. The summed E-state index contributed by atoms with van der Waals surface area (Å²) >= 11 is 0. The maximum absolute atomic E-state index is 4.64. The molecular weight excluding hydrogens is 416 g/mol. The van der Waals surface area contributed by atoms with Crippen molar-refractivity contribution >= 4 is 24.6 Å². The Labute approximate surface area is 204 Å². The van der Waals surface area contributed by atoms with Crippen LogP contribution in [0.2, 0.25) is 0 Å². The molecule has 2 aromatic rings. The molecule has 2 aliphatic rings. The van der Waals surface area contributed by atoms with Crippen molar-refractivity contribution in [1.82, 2.24) is 9.97 Å². The molecule has 0 fully saturated rings. The van der Waals surface area contributed by atoms with Gasteiger partial charge in [-0.15, -0.1) is 0 Å². The van der Waals surface area contributed by atoms with Gasteiger partial charge in [-0.2, -0.15) is 0 Å². The first-order valence-electron chi connectivity index (χ1n) is 12.5. The molecule has 2 N–H and O–H groups in total. The second kappa shape index (κ2) is 9.61. The molecule has 0 unspecified atom stereocenters. The number of hydrogen-bond donors (Lipinski definition) is 2. The number of nitrogens with one attached hydrogen (secondary N) is 2. The van der Waals surface area contributed by atoms with E-state index in [2.05, 4.69) is 87.5 Å². The van der Waals surface area contributed by atoms with Crippen molar-refractivity contribution in [3.63, 3.8) is 0 Å². The van der Waals surface area contributed by atoms with Crippen molar-refractivity contribution in [3.05, 3.63) is 78.7 Å². The summed E-state index contributed by atoms with van der Waals surface area (Å²) in [6, 6.07) is 0. The van der Waals surface area contributed by atoms with Crippen molar-refractivity contribution in [3.8, 4) is 0 Å². The number of nitrogens with zero attached hydrogens (tertiary/aromatic N) is 2. The number of hydrogen-bond acceptors (Lipinski definition) is 2. The first-order valence-corrected chi connectivity index (χ1v) is 12.5. The molecule has 0 atom stereocenters. The van der Waals surface area contributed by atoms with E-state index in [0.29, 0.717) is 0 Å². The molecule has 0 saturated heterocycles. The van der Waals surface area contributed by atoms with Crippen molar-refractivity contribution in [2.45, 2.75) is 81.1 Å². The summed E-state index contributed by atoms with van der Waals surface area (Å²) < 4.78 is 0. The molecule has 0 saturated carbocycles. The van der Waals surface area contributed by atoms with Gasteiger partial charge in [0.2, 0.25) is 0 Å². The third kappa shape index (κ3) is 4.34. The van der Waals surface area contributed by atoms with Crippen LogP contribution >= 0.6 is 0 Å². The number of H-pyrrole nitrogens is 2. The molecule has 2 aliphatic heterocycles. The van der Waals surface area contributed by atoms with Crippen LogP contribution in [-0.2, 0) is 12.8 Å². The number of allylic oxidation sites excluding steroid dienone is 4. The summed E-state index contributed by atoms with van der Waals surface area (Å²) in [5.74, 6) is 0. The Morgan fingerprint density at radius 2 is 1.03 bits per heavy atom. The van der Waals surface area contributed by atoms with Crippen LogP contribution in [0.4, 0.5) is 0 Å². The minimum Gasteiger partial charge on any atom is -0.359 e. The fraction of sp³-hybridized carbons (Fsp3) is 0.400. The summed E-state index contributed by atoms with van der Waals surface area (Å²) in [6.07, 6.45) is 12.5. The summed E-state index contributed by atoms with van der Waals surface area (Å²) in [4.78, 5) is 16.5. The Hall–Kier alpha value is -3.14. The van der Waals surface area contributed by atoms with Crippen LogP contribution < -0.4 is 0 Å². The van der Waals surface area contributed by atoms with Crippen molar-refractivity contribution in [2.24, 2.45) is 9.98 Å². The highest BCUT2D eigenvalue weighted by Gasteiger charge is 2.18. The lowest BCUT2D eigenvalue weighted by atomic mass is 9.98. The fourth-order valence-electron chi connectivity index (χ4n) is 5.41. The lowest BCUT2D eigenvalue weighted by molar-refractivity contribution is 0.924. The third-order valence-electron chi connectivity index (χ3n) is 7.52. The SMILES string of the molecule is CCC1=C(C)C=NC1=Cc1[nH]c(C)c(CCc2c(C)[nH]c(/C=C3/N=CC(C)=C3CC)c2C)c1C. The minimum atomic E-state index is 1.01. The smallest absolute Gasteiger partial charge is 0.0685 e. The molecule has 4 nitrogen and oxygen atoms in total. The normalized spacial score (nSPS) is 18.1. The molecular formula is C30H38N4. The molecule has 178 valence electrons. The first-order chi connectivity index (χ1) is 16.2. The molecule has 4 rings (SSSR count). The number of aromatic amines is 2. The largest absolute Gasteiger partial charge is 0.359 e. The van der Waals surface area contributed by atoms with Crippen molar-refractivity contribution in [1.29, 1.82) is 0 Å². The van der Waals surface area contributed by atoms with Gasteiger partial charge in [0.15, 0.2) is 0 Å². The quantitative estimate of drug-likeness (QED) is 0.431. The van der Waals surface area contributed by atoms with Crippen molar-refractivity contribution < 1.29 is 0 Å². The molecule has 0 bridgehead atoms. The fourth-order valence-corrected chi connectivity index (χ4v) is 5.41. The second-order valence-corrected chi connectivity index (χ2v) is 9.64. The Morgan fingerprint density at radius 3 is 1.38 bits per heavy atom. The van der Waals surface area contributed by atoms with Crippen LogP contribution in [-0.4, -0.2) is 22.4 Å². The average molecular weight is 455 g/mol. The number of aromatic nitrogens is 2. The Kier molecular flexibility index (Phi) is 6.79. The molecule has 0 aromatic carbocycles. The van der Waals surface area contributed by atoms with Crippen LogP contribution in [0.25, 0.3) is 12.2 Å². The van der Waals surface area contributed by atoms with E-state index < -0.39 is 0 Å². The lowest BCUT2D eigenvalue weighted by Gasteiger charge is -2.06. The average Bonchev–Trinajstić information content (AvgIpc) is 3.49. The van der Waals surface area contributed by atoms with Gasteiger partial charge >= 0.3 is 0 Å². The van der Waals surface area contributed by atoms with E-state index in [1.165, 1.54) is 67.3 Å². The Bertz CT molecular complexity index is 1210. The Balaban J connectivity index is 1.57.